The molecule has 2 aromatic heterocycles. The van der Waals surface area contributed by atoms with Crippen LogP contribution in [0.25, 0.3) is 0 Å². The fraction of sp³-hybridized carbons (Fsp3) is 0.700. The number of aryl methyl sites for hydroxylation is 2. The standard InChI is InChI=1S/C20H31N7O/c1-14-11-15(2)22-20(21-14)27-8-4-5-16(12-27)19-24-23-18(25(19)3)13-26-9-6-17(28)7-10-26/h11,16-17,28H,4-10,12-13H2,1-3H3/t16-/m1/s1. The number of likely N-dealkylation sites (tertiary alicyclic amines) is 1. The van der Waals surface area contributed by atoms with E-state index in [0.29, 0.717) is 5.92 Å². The summed E-state index contributed by atoms with van der Waals surface area (Å²) in [6.07, 6.45) is 3.76. The average Bonchev–Trinajstić information content (AvgIpc) is 3.03. The lowest BCUT2D eigenvalue weighted by Crippen LogP contribution is -2.37. The Bertz CT molecular complexity index is 793. The fourth-order valence-corrected chi connectivity index (χ4v) is 4.36. The van der Waals surface area contributed by atoms with Crippen LogP contribution in [0.3, 0.4) is 0 Å². The summed E-state index contributed by atoms with van der Waals surface area (Å²) in [5, 5.41) is 18.7. The van der Waals surface area contributed by atoms with Crippen LogP contribution in [0, 0.1) is 13.8 Å². The van der Waals surface area contributed by atoms with Gasteiger partial charge in [0.05, 0.1) is 12.6 Å². The Morgan fingerprint density at radius 2 is 1.75 bits per heavy atom. The summed E-state index contributed by atoms with van der Waals surface area (Å²) in [5.74, 6) is 3.23. The van der Waals surface area contributed by atoms with Gasteiger partial charge in [0.25, 0.3) is 0 Å². The molecule has 4 heterocycles. The van der Waals surface area contributed by atoms with Gasteiger partial charge in [-0.3, -0.25) is 4.90 Å². The second-order valence-corrected chi connectivity index (χ2v) is 8.28. The molecule has 0 saturated carbocycles. The van der Waals surface area contributed by atoms with Crippen LogP contribution in [0.1, 0.15) is 54.6 Å². The molecular formula is C20H31N7O. The van der Waals surface area contributed by atoms with E-state index >= 15 is 0 Å². The number of aromatic nitrogens is 5. The van der Waals surface area contributed by atoms with Crippen molar-refractivity contribution in [2.75, 3.05) is 31.1 Å². The minimum absolute atomic E-state index is 0.146. The maximum atomic E-state index is 9.70. The van der Waals surface area contributed by atoms with Gasteiger partial charge in [0.15, 0.2) is 0 Å². The first-order valence-corrected chi connectivity index (χ1v) is 10.4. The summed E-state index contributed by atoms with van der Waals surface area (Å²) >= 11 is 0. The highest BCUT2D eigenvalue weighted by Crippen LogP contribution is 2.28. The van der Waals surface area contributed by atoms with Crippen molar-refractivity contribution in [2.24, 2.45) is 7.05 Å². The number of anilines is 1. The molecule has 8 nitrogen and oxygen atoms in total. The highest BCUT2D eigenvalue weighted by atomic mass is 16.3. The van der Waals surface area contributed by atoms with Gasteiger partial charge in [-0.15, -0.1) is 10.2 Å². The van der Waals surface area contributed by atoms with Gasteiger partial charge in [-0.05, 0) is 45.6 Å². The summed E-state index contributed by atoms with van der Waals surface area (Å²) in [6, 6.07) is 2.01. The van der Waals surface area contributed by atoms with Crippen LogP contribution in [0.4, 0.5) is 5.95 Å². The lowest BCUT2D eigenvalue weighted by Gasteiger charge is -2.32. The van der Waals surface area contributed by atoms with Crippen LogP contribution in [0.2, 0.25) is 0 Å². The number of aliphatic hydroxyl groups excluding tert-OH is 1. The Labute approximate surface area is 166 Å². The second-order valence-electron chi connectivity index (χ2n) is 8.28. The molecule has 4 rings (SSSR count). The third-order valence-corrected chi connectivity index (χ3v) is 5.96. The molecule has 2 saturated heterocycles. The van der Waals surface area contributed by atoms with E-state index in [1.54, 1.807) is 0 Å². The van der Waals surface area contributed by atoms with E-state index in [4.69, 9.17) is 0 Å². The molecule has 8 heteroatoms. The van der Waals surface area contributed by atoms with Crippen molar-refractivity contribution in [1.29, 1.82) is 0 Å². The van der Waals surface area contributed by atoms with Crippen molar-refractivity contribution < 1.29 is 5.11 Å². The zero-order valence-corrected chi connectivity index (χ0v) is 17.2. The summed E-state index contributed by atoms with van der Waals surface area (Å²) < 4.78 is 2.17. The molecule has 0 unspecified atom stereocenters. The van der Waals surface area contributed by atoms with E-state index in [-0.39, 0.29) is 6.10 Å². The third kappa shape index (κ3) is 4.17. The highest BCUT2D eigenvalue weighted by Gasteiger charge is 2.28. The smallest absolute Gasteiger partial charge is 0.225 e. The molecule has 0 amide bonds. The van der Waals surface area contributed by atoms with Gasteiger partial charge in [0.2, 0.25) is 5.95 Å². The zero-order chi connectivity index (χ0) is 19.7. The molecule has 1 atom stereocenters. The first-order valence-electron chi connectivity index (χ1n) is 10.4. The lowest BCUT2D eigenvalue weighted by molar-refractivity contribution is 0.0775. The van der Waals surface area contributed by atoms with Crippen LogP contribution < -0.4 is 4.90 Å². The minimum Gasteiger partial charge on any atom is -0.393 e. The Morgan fingerprint density at radius 3 is 2.46 bits per heavy atom. The Balaban J connectivity index is 1.46. The molecule has 152 valence electrons. The average molecular weight is 386 g/mol. The van der Waals surface area contributed by atoms with Crippen molar-refractivity contribution in [3.05, 3.63) is 29.1 Å². The monoisotopic (exact) mass is 385 g/mol. The van der Waals surface area contributed by atoms with Crippen molar-refractivity contribution in [1.82, 2.24) is 29.6 Å². The number of piperidine rings is 2. The van der Waals surface area contributed by atoms with Gasteiger partial charge in [-0.25, -0.2) is 9.97 Å². The number of hydrogen-bond acceptors (Lipinski definition) is 7. The first-order chi connectivity index (χ1) is 13.5. The number of aliphatic hydroxyl groups is 1. The van der Waals surface area contributed by atoms with Gasteiger partial charge in [0, 0.05) is 50.5 Å². The summed E-state index contributed by atoms with van der Waals surface area (Å²) in [4.78, 5) is 13.9. The van der Waals surface area contributed by atoms with Crippen LogP contribution >= 0.6 is 0 Å². The predicted octanol–water partition coefficient (Wildman–Crippen LogP) is 1.56. The molecule has 2 fully saturated rings. The maximum Gasteiger partial charge on any atom is 0.225 e. The topological polar surface area (TPSA) is 83.2 Å². The molecule has 28 heavy (non-hydrogen) atoms. The quantitative estimate of drug-likeness (QED) is 0.855. The molecule has 0 radical (unpaired) electrons. The molecule has 0 aromatic carbocycles. The number of hydrogen-bond donors (Lipinski definition) is 1. The molecule has 0 bridgehead atoms. The SMILES string of the molecule is Cc1cc(C)nc(N2CCC[C@@H](c3nnc(CN4CCC(O)CC4)n3C)C2)n1. The van der Waals surface area contributed by atoms with Gasteiger partial charge in [-0.2, -0.15) is 0 Å². The fourth-order valence-electron chi connectivity index (χ4n) is 4.36. The van der Waals surface area contributed by atoms with Crippen LogP contribution in [-0.4, -0.2) is 67.0 Å². The third-order valence-electron chi connectivity index (χ3n) is 5.96. The minimum atomic E-state index is -0.146. The molecule has 1 N–H and O–H groups in total. The normalized spacial score (nSPS) is 22.0. The van der Waals surface area contributed by atoms with Crippen molar-refractivity contribution in [3.8, 4) is 0 Å². The van der Waals surface area contributed by atoms with Crippen LogP contribution in [-0.2, 0) is 13.6 Å². The van der Waals surface area contributed by atoms with E-state index < -0.39 is 0 Å². The summed E-state index contributed by atoms with van der Waals surface area (Å²) in [7, 11) is 2.08. The Kier molecular flexibility index (Phi) is 5.59. The molecular weight excluding hydrogens is 354 g/mol. The molecule has 2 aliphatic heterocycles. The van der Waals surface area contributed by atoms with Gasteiger partial charge >= 0.3 is 0 Å². The van der Waals surface area contributed by atoms with Gasteiger partial charge in [0.1, 0.15) is 11.6 Å². The van der Waals surface area contributed by atoms with E-state index in [0.717, 1.165) is 87.4 Å². The van der Waals surface area contributed by atoms with Crippen molar-refractivity contribution in [2.45, 2.75) is 58.1 Å². The predicted molar refractivity (Wildman–Crippen MR) is 107 cm³/mol. The summed E-state index contributed by atoms with van der Waals surface area (Å²) in [6.45, 7) is 8.55. The van der Waals surface area contributed by atoms with Crippen LogP contribution in [0.15, 0.2) is 6.07 Å². The van der Waals surface area contributed by atoms with E-state index in [9.17, 15) is 5.11 Å². The number of rotatable bonds is 4. The highest BCUT2D eigenvalue weighted by molar-refractivity contribution is 5.34. The van der Waals surface area contributed by atoms with Gasteiger partial charge < -0.3 is 14.6 Å². The first kappa shape index (κ1) is 19.3. The van der Waals surface area contributed by atoms with E-state index in [1.807, 2.05) is 19.9 Å². The molecule has 2 aliphatic rings. The zero-order valence-electron chi connectivity index (χ0n) is 17.2. The van der Waals surface area contributed by atoms with Crippen molar-refractivity contribution >= 4 is 5.95 Å². The summed E-state index contributed by atoms with van der Waals surface area (Å²) in [5.41, 5.74) is 2.02. The van der Waals surface area contributed by atoms with Crippen molar-refractivity contribution in [3.63, 3.8) is 0 Å². The Hall–Kier alpha value is -2.06. The molecule has 2 aromatic rings. The lowest BCUT2D eigenvalue weighted by atomic mass is 9.97. The largest absolute Gasteiger partial charge is 0.393 e. The Morgan fingerprint density at radius 1 is 1.04 bits per heavy atom. The van der Waals surface area contributed by atoms with E-state index in [2.05, 4.69) is 41.6 Å². The van der Waals surface area contributed by atoms with Gasteiger partial charge in [-0.1, -0.05) is 0 Å². The maximum absolute atomic E-state index is 9.70. The van der Waals surface area contributed by atoms with Crippen LogP contribution in [0.5, 0.6) is 0 Å². The second kappa shape index (κ2) is 8.13. The number of nitrogens with zero attached hydrogens (tertiary/aromatic N) is 7. The molecule has 0 spiro atoms. The van der Waals surface area contributed by atoms with E-state index in [1.165, 1.54) is 0 Å². The molecule has 0 aliphatic carbocycles.